The van der Waals surface area contributed by atoms with E-state index < -0.39 is 35.5 Å². The Labute approximate surface area is 203 Å². The van der Waals surface area contributed by atoms with E-state index in [-0.39, 0.29) is 24.7 Å². The summed E-state index contributed by atoms with van der Waals surface area (Å²) in [6.07, 6.45) is 6.10. The lowest BCUT2D eigenvalue weighted by Crippen LogP contribution is -2.55. The maximum Gasteiger partial charge on any atom is 0.234 e. The predicted molar refractivity (Wildman–Crippen MR) is 128 cm³/mol. The van der Waals surface area contributed by atoms with Crippen LogP contribution in [0.25, 0.3) is 0 Å². The van der Waals surface area contributed by atoms with Crippen molar-refractivity contribution in [3.63, 3.8) is 0 Å². The van der Waals surface area contributed by atoms with Crippen LogP contribution in [-0.2, 0) is 4.79 Å². The van der Waals surface area contributed by atoms with Crippen molar-refractivity contribution in [3.05, 3.63) is 95.3 Å². The molecule has 2 aromatic heterocycles. The van der Waals surface area contributed by atoms with Gasteiger partial charge in [-0.2, -0.15) is 0 Å². The minimum Gasteiger partial charge on any atom is -0.368 e. The van der Waals surface area contributed by atoms with Crippen LogP contribution in [0.1, 0.15) is 44.7 Å². The van der Waals surface area contributed by atoms with Crippen molar-refractivity contribution < 1.29 is 18.8 Å². The van der Waals surface area contributed by atoms with Crippen molar-refractivity contribution in [3.8, 4) is 0 Å². The van der Waals surface area contributed by atoms with E-state index in [2.05, 4.69) is 9.97 Å². The third-order valence-electron chi connectivity index (χ3n) is 6.92. The highest BCUT2D eigenvalue weighted by Gasteiger charge is 2.47. The Bertz CT molecular complexity index is 1170. The van der Waals surface area contributed by atoms with Crippen LogP contribution in [0.15, 0.2) is 67.3 Å². The molecule has 0 saturated carbocycles. The topological polar surface area (TPSA) is 106 Å². The van der Waals surface area contributed by atoms with E-state index in [1.165, 1.54) is 18.5 Å². The average Bonchev–Trinajstić information content (AvgIpc) is 2.89. The molecule has 3 aromatic rings. The fourth-order valence-corrected chi connectivity index (χ4v) is 4.94. The summed E-state index contributed by atoms with van der Waals surface area (Å²) in [7, 11) is 0. The second kappa shape index (κ2) is 10.2. The molecule has 3 unspecified atom stereocenters. The van der Waals surface area contributed by atoms with Crippen molar-refractivity contribution in [2.45, 2.75) is 25.8 Å². The van der Waals surface area contributed by atoms with Crippen LogP contribution in [0.2, 0.25) is 0 Å². The number of nitrogens with two attached hydrogens (primary N) is 1. The molecule has 0 spiro atoms. The van der Waals surface area contributed by atoms with Gasteiger partial charge >= 0.3 is 0 Å². The molecule has 1 aliphatic rings. The van der Waals surface area contributed by atoms with E-state index >= 15 is 0 Å². The van der Waals surface area contributed by atoms with Gasteiger partial charge in [-0.15, -0.1) is 0 Å². The highest BCUT2D eigenvalue weighted by Crippen LogP contribution is 2.42. The van der Waals surface area contributed by atoms with Crippen LogP contribution in [-0.4, -0.2) is 51.5 Å². The number of carbonyl (C=O) groups is 3. The minimum absolute atomic E-state index is 0.190. The molecule has 3 atom stereocenters. The Morgan fingerprint density at radius 3 is 1.94 bits per heavy atom. The molecule has 3 heterocycles. The van der Waals surface area contributed by atoms with E-state index in [1.54, 1.807) is 67.5 Å². The Balaban J connectivity index is 1.88. The van der Waals surface area contributed by atoms with E-state index in [4.69, 9.17) is 5.73 Å². The second-order valence-corrected chi connectivity index (χ2v) is 8.94. The number of Topliss-reactive ketones (excluding diaryl/α,β-unsaturated/α-hetero) is 2. The zero-order chi connectivity index (χ0) is 25.1. The summed E-state index contributed by atoms with van der Waals surface area (Å²) in [6.45, 7) is 3.69. The first-order valence-electron chi connectivity index (χ1n) is 11.5. The van der Waals surface area contributed by atoms with Crippen molar-refractivity contribution in [1.82, 2.24) is 14.9 Å². The lowest BCUT2D eigenvalue weighted by atomic mass is 9.67. The van der Waals surface area contributed by atoms with Crippen molar-refractivity contribution in [2.75, 3.05) is 13.1 Å². The fraction of sp³-hybridized carbons (Fsp3) is 0.296. The van der Waals surface area contributed by atoms with Gasteiger partial charge < -0.3 is 5.73 Å². The Hall–Kier alpha value is -3.78. The predicted octanol–water partition coefficient (Wildman–Crippen LogP) is 3.20. The molecular weight excluding hydrogens is 447 g/mol. The SMILES string of the molecule is Cc1c(F)cccc1C1C(C(=O)c2cccnc2)CN(C(C)C(N)=O)CC1C(=O)c1cccnc1. The van der Waals surface area contributed by atoms with Crippen LogP contribution in [0, 0.1) is 24.6 Å². The first-order chi connectivity index (χ1) is 16.8. The minimum atomic E-state index is -0.735. The third kappa shape index (κ3) is 4.88. The van der Waals surface area contributed by atoms with E-state index in [0.717, 1.165) is 0 Å². The number of aromatic nitrogens is 2. The number of likely N-dealkylation sites (tertiary alicyclic amines) is 1. The molecule has 0 bridgehead atoms. The molecule has 1 amide bonds. The van der Waals surface area contributed by atoms with Gasteiger partial charge in [0.2, 0.25) is 5.91 Å². The highest BCUT2D eigenvalue weighted by atomic mass is 19.1. The van der Waals surface area contributed by atoms with Crippen molar-refractivity contribution >= 4 is 17.5 Å². The van der Waals surface area contributed by atoms with E-state index in [9.17, 15) is 18.8 Å². The monoisotopic (exact) mass is 474 g/mol. The highest BCUT2D eigenvalue weighted by molar-refractivity contribution is 6.02. The van der Waals surface area contributed by atoms with E-state index in [0.29, 0.717) is 22.3 Å². The smallest absolute Gasteiger partial charge is 0.234 e. The number of piperidine rings is 1. The largest absolute Gasteiger partial charge is 0.368 e. The van der Waals surface area contributed by atoms with Gasteiger partial charge in [-0.05, 0) is 55.3 Å². The summed E-state index contributed by atoms with van der Waals surface area (Å²) >= 11 is 0. The van der Waals surface area contributed by atoms with Gasteiger partial charge in [0.25, 0.3) is 0 Å². The number of amides is 1. The van der Waals surface area contributed by atoms with Crippen LogP contribution >= 0.6 is 0 Å². The molecule has 0 radical (unpaired) electrons. The van der Waals surface area contributed by atoms with Crippen molar-refractivity contribution in [2.24, 2.45) is 17.6 Å². The summed E-state index contributed by atoms with van der Waals surface area (Å²) in [4.78, 5) is 49.6. The van der Waals surface area contributed by atoms with Gasteiger partial charge in [-0.25, -0.2) is 4.39 Å². The lowest BCUT2D eigenvalue weighted by molar-refractivity contribution is -0.123. The maximum absolute atomic E-state index is 14.7. The van der Waals surface area contributed by atoms with Gasteiger partial charge in [0.15, 0.2) is 11.6 Å². The number of hydrogen-bond acceptors (Lipinski definition) is 6. The van der Waals surface area contributed by atoms with Crippen LogP contribution in [0.3, 0.4) is 0 Å². The van der Waals surface area contributed by atoms with Crippen LogP contribution < -0.4 is 5.73 Å². The fourth-order valence-electron chi connectivity index (χ4n) is 4.94. The summed E-state index contributed by atoms with van der Waals surface area (Å²) < 4.78 is 14.7. The number of ketones is 2. The zero-order valence-electron chi connectivity index (χ0n) is 19.6. The molecule has 1 aliphatic heterocycles. The molecule has 1 saturated heterocycles. The normalized spacial score (nSPS) is 21.3. The lowest BCUT2D eigenvalue weighted by Gasteiger charge is -2.45. The van der Waals surface area contributed by atoms with Gasteiger partial charge in [0.1, 0.15) is 5.82 Å². The molecular formula is C27H27FN4O3. The summed E-state index contributed by atoms with van der Waals surface area (Å²) in [5.41, 5.74) is 7.36. The average molecular weight is 475 g/mol. The molecule has 8 heteroatoms. The standard InChI is InChI=1S/C27H27FN4O3/c1-16-20(8-3-9-23(16)28)24-21(25(33)18-6-4-10-30-12-18)14-32(17(2)27(29)35)15-22(24)26(34)19-7-5-11-31-13-19/h3-13,17,21-22,24H,14-15H2,1-2H3,(H2,29,35). The molecule has 2 N–H and O–H groups in total. The number of primary amides is 1. The van der Waals surface area contributed by atoms with Gasteiger partial charge in [-0.1, -0.05) is 12.1 Å². The second-order valence-electron chi connectivity index (χ2n) is 8.94. The molecule has 35 heavy (non-hydrogen) atoms. The molecule has 1 aromatic carbocycles. The number of halogens is 1. The summed E-state index contributed by atoms with van der Waals surface area (Å²) in [5.74, 6) is -3.50. The molecule has 0 aliphatic carbocycles. The number of hydrogen-bond donors (Lipinski definition) is 1. The third-order valence-corrected chi connectivity index (χ3v) is 6.92. The van der Waals surface area contributed by atoms with Gasteiger partial charge in [-0.3, -0.25) is 29.3 Å². The van der Waals surface area contributed by atoms with E-state index in [1.807, 2.05) is 0 Å². The van der Waals surface area contributed by atoms with Crippen molar-refractivity contribution in [1.29, 1.82) is 0 Å². The number of benzene rings is 1. The quantitative estimate of drug-likeness (QED) is 0.527. The first-order valence-corrected chi connectivity index (χ1v) is 11.5. The molecule has 7 nitrogen and oxygen atoms in total. The maximum atomic E-state index is 14.7. The first kappa shape index (κ1) is 24.3. The molecule has 1 fully saturated rings. The molecule has 180 valence electrons. The Kier molecular flexibility index (Phi) is 7.12. The zero-order valence-corrected chi connectivity index (χ0v) is 19.6. The number of pyridine rings is 2. The summed E-state index contributed by atoms with van der Waals surface area (Å²) in [6, 6.07) is 10.7. The Morgan fingerprint density at radius 1 is 0.943 bits per heavy atom. The number of nitrogens with zero attached hydrogens (tertiary/aromatic N) is 3. The molecule has 4 rings (SSSR count). The van der Waals surface area contributed by atoms with Gasteiger partial charge in [0, 0.05) is 66.8 Å². The van der Waals surface area contributed by atoms with Crippen LogP contribution in [0.5, 0.6) is 0 Å². The summed E-state index contributed by atoms with van der Waals surface area (Å²) in [5, 5.41) is 0. The van der Waals surface area contributed by atoms with Crippen LogP contribution in [0.4, 0.5) is 4.39 Å². The number of carbonyl (C=O) groups excluding carboxylic acids is 3. The Morgan fingerprint density at radius 2 is 1.49 bits per heavy atom. The number of rotatable bonds is 7. The van der Waals surface area contributed by atoms with Gasteiger partial charge in [0.05, 0.1) is 6.04 Å².